The highest BCUT2D eigenvalue weighted by molar-refractivity contribution is 5.97. The Hall–Kier alpha value is -1.06. The molecule has 118 valence electrons. The first-order valence-electron chi connectivity index (χ1n) is 8.60. The highest BCUT2D eigenvalue weighted by Crippen LogP contribution is 2.35. The molecule has 0 N–H and O–H groups in total. The van der Waals surface area contributed by atoms with E-state index in [4.69, 9.17) is 0 Å². The fraction of sp³-hybridized carbons (Fsp3) is 0.882. The maximum Gasteiger partial charge on any atom is 0.246 e. The van der Waals surface area contributed by atoms with Crippen molar-refractivity contribution >= 4 is 11.8 Å². The maximum atomic E-state index is 12.9. The standard InChI is InChI=1S/C17H28N2O2/c1-11(2)15-17(21)18-8-4-5-14(18)16(20)19(15)10-13-7-6-12(3)9-13/h11-15H,4-10H2,1-3H3. The van der Waals surface area contributed by atoms with Crippen molar-refractivity contribution in [2.75, 3.05) is 13.1 Å². The molecule has 2 saturated heterocycles. The van der Waals surface area contributed by atoms with Crippen LogP contribution < -0.4 is 0 Å². The zero-order valence-corrected chi connectivity index (χ0v) is 13.5. The Labute approximate surface area is 127 Å². The van der Waals surface area contributed by atoms with Gasteiger partial charge in [0.15, 0.2) is 0 Å². The Morgan fingerprint density at radius 1 is 1.14 bits per heavy atom. The number of amides is 2. The van der Waals surface area contributed by atoms with Crippen LogP contribution in [0.5, 0.6) is 0 Å². The average molecular weight is 292 g/mol. The summed E-state index contributed by atoms with van der Waals surface area (Å²) in [4.78, 5) is 29.4. The maximum absolute atomic E-state index is 12.9. The molecular weight excluding hydrogens is 264 g/mol. The van der Waals surface area contributed by atoms with Gasteiger partial charge in [-0.25, -0.2) is 0 Å². The fourth-order valence-corrected chi connectivity index (χ4v) is 4.54. The van der Waals surface area contributed by atoms with Crippen LogP contribution in [0.25, 0.3) is 0 Å². The third kappa shape index (κ3) is 2.58. The molecule has 21 heavy (non-hydrogen) atoms. The van der Waals surface area contributed by atoms with Gasteiger partial charge in [0.1, 0.15) is 12.1 Å². The SMILES string of the molecule is CC1CCC(CN2C(=O)C3CCCN3C(=O)C2C(C)C)C1. The van der Waals surface area contributed by atoms with E-state index in [0.717, 1.165) is 31.8 Å². The molecule has 2 heterocycles. The number of carbonyl (C=O) groups excluding carboxylic acids is 2. The summed E-state index contributed by atoms with van der Waals surface area (Å²) in [6, 6.07) is -0.394. The van der Waals surface area contributed by atoms with Crippen LogP contribution in [0.4, 0.5) is 0 Å². The Bertz CT molecular complexity index is 435. The minimum Gasteiger partial charge on any atom is -0.329 e. The van der Waals surface area contributed by atoms with Crippen LogP contribution in [0.1, 0.15) is 52.9 Å². The summed E-state index contributed by atoms with van der Waals surface area (Å²) >= 11 is 0. The molecule has 2 amide bonds. The minimum atomic E-state index is -0.234. The van der Waals surface area contributed by atoms with E-state index in [2.05, 4.69) is 20.8 Å². The molecule has 4 unspecified atom stereocenters. The molecule has 0 aromatic heterocycles. The van der Waals surface area contributed by atoms with Crippen LogP contribution in [-0.4, -0.2) is 46.8 Å². The molecule has 4 heteroatoms. The van der Waals surface area contributed by atoms with Gasteiger partial charge in [0.05, 0.1) is 0 Å². The lowest BCUT2D eigenvalue weighted by Crippen LogP contribution is -2.64. The lowest BCUT2D eigenvalue weighted by molar-refractivity contribution is -0.162. The van der Waals surface area contributed by atoms with Crippen molar-refractivity contribution < 1.29 is 9.59 Å². The summed E-state index contributed by atoms with van der Waals surface area (Å²) in [7, 11) is 0. The van der Waals surface area contributed by atoms with E-state index >= 15 is 0 Å². The average Bonchev–Trinajstić information content (AvgIpc) is 3.04. The van der Waals surface area contributed by atoms with E-state index in [1.807, 2.05) is 9.80 Å². The lowest BCUT2D eigenvalue weighted by atomic mass is 9.94. The van der Waals surface area contributed by atoms with Crippen LogP contribution >= 0.6 is 0 Å². The van der Waals surface area contributed by atoms with Gasteiger partial charge in [-0.05, 0) is 43.4 Å². The van der Waals surface area contributed by atoms with E-state index in [1.54, 1.807) is 0 Å². The number of hydrogen-bond acceptors (Lipinski definition) is 2. The number of hydrogen-bond donors (Lipinski definition) is 0. The van der Waals surface area contributed by atoms with E-state index in [9.17, 15) is 9.59 Å². The quantitative estimate of drug-likeness (QED) is 0.800. The van der Waals surface area contributed by atoms with Crippen molar-refractivity contribution in [3.8, 4) is 0 Å². The molecule has 0 radical (unpaired) electrons. The second-order valence-corrected chi connectivity index (χ2v) is 7.65. The van der Waals surface area contributed by atoms with Crippen molar-refractivity contribution in [3.63, 3.8) is 0 Å². The topological polar surface area (TPSA) is 40.6 Å². The molecule has 0 spiro atoms. The van der Waals surface area contributed by atoms with E-state index in [-0.39, 0.29) is 29.8 Å². The molecule has 3 fully saturated rings. The first-order valence-corrected chi connectivity index (χ1v) is 8.60. The van der Waals surface area contributed by atoms with Crippen LogP contribution in [0.3, 0.4) is 0 Å². The summed E-state index contributed by atoms with van der Waals surface area (Å²) in [5.74, 6) is 1.96. The van der Waals surface area contributed by atoms with Crippen molar-refractivity contribution in [2.45, 2.75) is 65.0 Å². The number of nitrogens with zero attached hydrogens (tertiary/aromatic N) is 2. The summed E-state index contributed by atoms with van der Waals surface area (Å²) in [6.45, 7) is 7.99. The van der Waals surface area contributed by atoms with Gasteiger partial charge in [0.25, 0.3) is 0 Å². The highest BCUT2D eigenvalue weighted by atomic mass is 16.2. The van der Waals surface area contributed by atoms with E-state index in [0.29, 0.717) is 5.92 Å². The van der Waals surface area contributed by atoms with Crippen LogP contribution in [-0.2, 0) is 9.59 Å². The molecule has 0 aromatic carbocycles. The summed E-state index contributed by atoms with van der Waals surface area (Å²) in [5, 5.41) is 0. The zero-order chi connectivity index (χ0) is 15.1. The normalized spacial score (nSPS) is 36.8. The first-order chi connectivity index (χ1) is 9.99. The van der Waals surface area contributed by atoms with Gasteiger partial charge in [-0.2, -0.15) is 0 Å². The third-order valence-electron chi connectivity index (χ3n) is 5.58. The van der Waals surface area contributed by atoms with Gasteiger partial charge in [0, 0.05) is 13.1 Å². The smallest absolute Gasteiger partial charge is 0.246 e. The highest BCUT2D eigenvalue weighted by Gasteiger charge is 2.49. The first kappa shape index (κ1) is 14.9. The molecule has 2 aliphatic heterocycles. The molecule has 3 rings (SSSR count). The van der Waals surface area contributed by atoms with Crippen molar-refractivity contribution in [2.24, 2.45) is 17.8 Å². The van der Waals surface area contributed by atoms with Gasteiger partial charge >= 0.3 is 0 Å². The minimum absolute atomic E-state index is 0.161. The Morgan fingerprint density at radius 3 is 2.52 bits per heavy atom. The van der Waals surface area contributed by atoms with Gasteiger partial charge in [-0.1, -0.05) is 27.2 Å². The molecule has 0 aromatic rings. The van der Waals surface area contributed by atoms with E-state index < -0.39 is 0 Å². The number of carbonyl (C=O) groups is 2. The monoisotopic (exact) mass is 292 g/mol. The van der Waals surface area contributed by atoms with Crippen molar-refractivity contribution in [1.82, 2.24) is 9.80 Å². The van der Waals surface area contributed by atoms with Gasteiger partial charge in [0.2, 0.25) is 11.8 Å². The Balaban J connectivity index is 1.80. The summed E-state index contributed by atoms with van der Waals surface area (Å²) in [6.07, 6.45) is 5.51. The predicted octanol–water partition coefficient (Wildman–Crippen LogP) is 2.28. The Kier molecular flexibility index (Phi) is 3.98. The predicted molar refractivity (Wildman–Crippen MR) is 81.6 cm³/mol. The van der Waals surface area contributed by atoms with Crippen molar-refractivity contribution in [3.05, 3.63) is 0 Å². The lowest BCUT2D eigenvalue weighted by Gasteiger charge is -2.45. The van der Waals surface area contributed by atoms with Crippen LogP contribution in [0, 0.1) is 17.8 Å². The van der Waals surface area contributed by atoms with Gasteiger partial charge in [-0.15, -0.1) is 0 Å². The molecule has 1 saturated carbocycles. The second kappa shape index (κ2) is 5.62. The number of piperazine rings is 1. The van der Waals surface area contributed by atoms with Crippen LogP contribution in [0.15, 0.2) is 0 Å². The molecule has 4 nitrogen and oxygen atoms in total. The third-order valence-corrected chi connectivity index (χ3v) is 5.58. The second-order valence-electron chi connectivity index (χ2n) is 7.65. The van der Waals surface area contributed by atoms with Gasteiger partial charge < -0.3 is 9.80 Å². The summed E-state index contributed by atoms with van der Waals surface area (Å²) < 4.78 is 0. The molecule has 4 atom stereocenters. The van der Waals surface area contributed by atoms with Gasteiger partial charge in [-0.3, -0.25) is 9.59 Å². The number of rotatable bonds is 3. The summed E-state index contributed by atoms with van der Waals surface area (Å²) in [5.41, 5.74) is 0. The largest absolute Gasteiger partial charge is 0.329 e. The molecule has 0 bridgehead atoms. The zero-order valence-electron chi connectivity index (χ0n) is 13.5. The number of fused-ring (bicyclic) bond motifs is 1. The molecule has 3 aliphatic rings. The Morgan fingerprint density at radius 2 is 1.90 bits per heavy atom. The molecule has 1 aliphatic carbocycles. The fourth-order valence-electron chi connectivity index (χ4n) is 4.54. The van der Waals surface area contributed by atoms with Crippen molar-refractivity contribution in [1.29, 1.82) is 0 Å². The van der Waals surface area contributed by atoms with E-state index in [1.165, 1.54) is 19.3 Å². The van der Waals surface area contributed by atoms with Crippen LogP contribution in [0.2, 0.25) is 0 Å². The molecular formula is C17H28N2O2.